The predicted octanol–water partition coefficient (Wildman–Crippen LogP) is 3.79. The lowest BCUT2D eigenvalue weighted by molar-refractivity contribution is -0.138. The SMILES string of the molecule is CCCN(CCCN=O)C(=O)C1=CC2=CC=C(C3=CC=C(C(=O)OCC)CC3)CC2NC(N=NN)C1. The minimum atomic E-state index is -0.434. The summed E-state index contributed by atoms with van der Waals surface area (Å²) >= 11 is 0. The highest BCUT2D eigenvalue weighted by atomic mass is 16.5. The number of ether oxygens (including phenoxy) is 1. The van der Waals surface area contributed by atoms with Crippen LogP contribution in [0, 0.1) is 4.91 Å². The molecule has 0 saturated carbocycles. The number of carbonyl (C=O) groups excluding carboxylic acids is 2. The Morgan fingerprint density at radius 2 is 1.89 bits per heavy atom. The van der Waals surface area contributed by atoms with E-state index < -0.39 is 6.17 Å². The Hall–Kier alpha value is -3.40. The van der Waals surface area contributed by atoms with Crippen molar-refractivity contribution in [2.45, 2.75) is 64.6 Å². The zero-order valence-electron chi connectivity index (χ0n) is 21.1. The maximum absolute atomic E-state index is 13.4. The molecule has 36 heavy (non-hydrogen) atoms. The highest BCUT2D eigenvalue weighted by Crippen LogP contribution is 2.33. The van der Waals surface area contributed by atoms with E-state index in [4.69, 9.17) is 10.6 Å². The van der Waals surface area contributed by atoms with Crippen LogP contribution in [0.25, 0.3) is 0 Å². The molecule has 1 heterocycles. The molecule has 0 aromatic carbocycles. The van der Waals surface area contributed by atoms with Gasteiger partial charge < -0.3 is 15.5 Å². The van der Waals surface area contributed by atoms with Gasteiger partial charge in [0, 0.05) is 36.7 Å². The third kappa shape index (κ3) is 7.07. The van der Waals surface area contributed by atoms with E-state index >= 15 is 0 Å². The summed E-state index contributed by atoms with van der Waals surface area (Å²) in [5.41, 5.74) is 4.69. The third-order valence-corrected chi connectivity index (χ3v) is 6.49. The van der Waals surface area contributed by atoms with E-state index in [0.29, 0.717) is 50.1 Å². The van der Waals surface area contributed by atoms with Crippen molar-refractivity contribution in [3.63, 3.8) is 0 Å². The van der Waals surface area contributed by atoms with Crippen LogP contribution < -0.4 is 11.2 Å². The fraction of sp³-hybridized carbons (Fsp3) is 0.538. The maximum Gasteiger partial charge on any atom is 0.333 e. The normalized spacial score (nSPS) is 21.8. The van der Waals surface area contributed by atoms with Crippen molar-refractivity contribution in [2.75, 3.05) is 26.2 Å². The molecule has 10 nitrogen and oxygen atoms in total. The average molecular weight is 497 g/mol. The number of hydrogen-bond acceptors (Lipinski definition) is 8. The molecule has 2 atom stereocenters. The summed E-state index contributed by atoms with van der Waals surface area (Å²) in [6.45, 7) is 5.46. The predicted molar refractivity (Wildman–Crippen MR) is 137 cm³/mol. The number of fused-ring (bicyclic) bond motifs is 1. The largest absolute Gasteiger partial charge is 0.463 e. The summed E-state index contributed by atoms with van der Waals surface area (Å²) in [4.78, 5) is 37.7. The summed E-state index contributed by atoms with van der Waals surface area (Å²) in [6.07, 6.45) is 13.3. The molecule has 0 aromatic rings. The lowest BCUT2D eigenvalue weighted by Crippen LogP contribution is -2.39. The molecule has 0 spiro atoms. The van der Waals surface area contributed by atoms with E-state index in [1.807, 2.05) is 31.2 Å². The lowest BCUT2D eigenvalue weighted by atomic mass is 9.84. The number of hydrogen-bond donors (Lipinski definition) is 2. The molecule has 2 unspecified atom stereocenters. The zero-order valence-corrected chi connectivity index (χ0v) is 21.1. The fourth-order valence-electron chi connectivity index (χ4n) is 4.74. The molecule has 3 N–H and O–H groups in total. The summed E-state index contributed by atoms with van der Waals surface area (Å²) in [5.74, 6) is 5.06. The topological polar surface area (TPSA) is 139 Å². The van der Waals surface area contributed by atoms with Gasteiger partial charge in [-0.3, -0.25) is 10.1 Å². The Kier molecular flexibility index (Phi) is 10.3. The van der Waals surface area contributed by atoms with E-state index in [9.17, 15) is 14.5 Å². The van der Waals surface area contributed by atoms with E-state index in [1.54, 1.807) is 11.8 Å². The van der Waals surface area contributed by atoms with Gasteiger partial charge in [-0.05, 0) is 61.8 Å². The van der Waals surface area contributed by atoms with E-state index in [-0.39, 0.29) is 24.5 Å². The molecule has 0 radical (unpaired) electrons. The Morgan fingerprint density at radius 1 is 1.08 bits per heavy atom. The van der Waals surface area contributed by atoms with Gasteiger partial charge in [-0.1, -0.05) is 41.6 Å². The first-order valence-electron chi connectivity index (χ1n) is 12.6. The summed E-state index contributed by atoms with van der Waals surface area (Å²) in [6, 6.07) is -0.0546. The molecule has 0 bridgehead atoms. The minimum absolute atomic E-state index is 0.0546. The van der Waals surface area contributed by atoms with Gasteiger partial charge >= 0.3 is 5.97 Å². The van der Waals surface area contributed by atoms with Crippen molar-refractivity contribution in [1.29, 1.82) is 0 Å². The van der Waals surface area contributed by atoms with Crippen LogP contribution in [-0.4, -0.2) is 55.2 Å². The van der Waals surface area contributed by atoms with Gasteiger partial charge in [0.2, 0.25) is 5.91 Å². The minimum Gasteiger partial charge on any atom is -0.463 e. The number of rotatable bonds is 11. The summed E-state index contributed by atoms with van der Waals surface area (Å²) < 4.78 is 5.11. The van der Waals surface area contributed by atoms with Crippen molar-refractivity contribution in [2.24, 2.45) is 21.4 Å². The molecular formula is C26H36N6O4. The van der Waals surface area contributed by atoms with Crippen LogP contribution in [0.1, 0.15) is 52.4 Å². The summed E-state index contributed by atoms with van der Waals surface area (Å²) in [7, 11) is 0. The zero-order chi connectivity index (χ0) is 25.9. The van der Waals surface area contributed by atoms with Gasteiger partial charge in [-0.15, -0.1) is 0 Å². The first-order chi connectivity index (χ1) is 17.5. The number of allylic oxidation sites excluding steroid dienone is 5. The fourth-order valence-corrected chi connectivity index (χ4v) is 4.74. The molecule has 0 saturated heterocycles. The van der Waals surface area contributed by atoms with Crippen LogP contribution in [-0.2, 0) is 14.3 Å². The first kappa shape index (κ1) is 27.2. The second kappa shape index (κ2) is 13.6. The van der Waals surface area contributed by atoms with E-state index in [1.165, 1.54) is 11.1 Å². The van der Waals surface area contributed by atoms with Gasteiger partial charge in [-0.2, -0.15) is 10.0 Å². The first-order valence-corrected chi connectivity index (χ1v) is 12.6. The number of esters is 1. The van der Waals surface area contributed by atoms with Crippen molar-refractivity contribution < 1.29 is 14.3 Å². The number of amides is 1. The van der Waals surface area contributed by atoms with Gasteiger partial charge in [-0.25, -0.2) is 4.79 Å². The molecule has 3 rings (SSSR count). The molecule has 0 aromatic heterocycles. The van der Waals surface area contributed by atoms with Crippen molar-refractivity contribution in [1.82, 2.24) is 10.2 Å². The average Bonchev–Trinajstić information content (AvgIpc) is 3.07. The molecule has 1 aliphatic heterocycles. The Labute approximate surface area is 212 Å². The number of nitrogens with zero attached hydrogens (tertiary/aromatic N) is 4. The highest BCUT2D eigenvalue weighted by Gasteiger charge is 2.30. The van der Waals surface area contributed by atoms with Crippen molar-refractivity contribution >= 4 is 11.9 Å². The second-order valence-electron chi connectivity index (χ2n) is 9.01. The smallest absolute Gasteiger partial charge is 0.333 e. The van der Waals surface area contributed by atoms with Crippen LogP contribution >= 0.6 is 0 Å². The molecule has 3 aliphatic rings. The Balaban J connectivity index is 1.85. The maximum atomic E-state index is 13.4. The standard InChI is InChI=1S/C26H36N6O4/c1-3-13-32(14-5-12-28-35)25(33)22-15-21-11-10-20(16-23(21)29-24(17-22)30-31-27)18-6-8-19(9-7-18)26(34)36-4-2/h6,8,10-11,15,23-24,29H,3-5,7,9,12-14,16-17H2,1-2H3,(H2,27,30). The van der Waals surface area contributed by atoms with Crippen molar-refractivity contribution in [3.8, 4) is 0 Å². The molecule has 2 aliphatic carbocycles. The molecule has 10 heteroatoms. The highest BCUT2D eigenvalue weighted by molar-refractivity contribution is 5.94. The Morgan fingerprint density at radius 3 is 2.56 bits per heavy atom. The third-order valence-electron chi connectivity index (χ3n) is 6.49. The monoisotopic (exact) mass is 496 g/mol. The van der Waals surface area contributed by atoms with Crippen molar-refractivity contribution in [3.05, 3.63) is 63.2 Å². The lowest BCUT2D eigenvalue weighted by Gasteiger charge is -2.27. The van der Waals surface area contributed by atoms with Crippen LogP contribution in [0.15, 0.2) is 73.8 Å². The summed E-state index contributed by atoms with van der Waals surface area (Å²) in [5, 5.41) is 14.0. The van der Waals surface area contributed by atoms with Crippen LogP contribution in [0.2, 0.25) is 0 Å². The molecule has 0 fully saturated rings. The molecular weight excluding hydrogens is 460 g/mol. The van der Waals surface area contributed by atoms with Crippen LogP contribution in [0.4, 0.5) is 0 Å². The quantitative estimate of drug-likeness (QED) is 0.111. The van der Waals surface area contributed by atoms with E-state index in [0.717, 1.165) is 24.8 Å². The number of carbonyl (C=O) groups is 2. The number of nitrogens with two attached hydrogens (primary N) is 1. The molecule has 1 amide bonds. The van der Waals surface area contributed by atoms with Gasteiger partial charge in [0.15, 0.2) is 0 Å². The van der Waals surface area contributed by atoms with Crippen LogP contribution in [0.5, 0.6) is 0 Å². The van der Waals surface area contributed by atoms with Gasteiger partial charge in [0.05, 0.1) is 13.2 Å². The van der Waals surface area contributed by atoms with E-state index in [2.05, 4.69) is 26.9 Å². The number of nitroso groups, excluding NO2 is 1. The molecule has 194 valence electrons. The second-order valence-corrected chi connectivity index (χ2v) is 9.01. The van der Waals surface area contributed by atoms with Gasteiger partial charge in [0.1, 0.15) is 6.17 Å². The number of nitrogens with one attached hydrogen (secondary N) is 1. The van der Waals surface area contributed by atoms with Gasteiger partial charge in [0.25, 0.3) is 0 Å². The van der Waals surface area contributed by atoms with Crippen LogP contribution in [0.3, 0.4) is 0 Å². The Bertz CT molecular complexity index is 1020.